The molecule has 1 heterocycles. The Morgan fingerprint density at radius 1 is 1.29 bits per heavy atom. The van der Waals surface area contributed by atoms with Gasteiger partial charge in [0.05, 0.1) is 13.3 Å². The van der Waals surface area contributed by atoms with Crippen molar-refractivity contribution in [1.82, 2.24) is 15.1 Å². The average molecular weight is 287 g/mol. The summed E-state index contributed by atoms with van der Waals surface area (Å²) in [6.45, 7) is 9.13. The molecule has 0 bridgehead atoms. The Hall–Kier alpha value is -1.81. The van der Waals surface area contributed by atoms with Crippen LogP contribution in [-0.2, 0) is 13.1 Å². The van der Waals surface area contributed by atoms with Crippen LogP contribution in [-0.4, -0.2) is 23.4 Å². The van der Waals surface area contributed by atoms with Crippen LogP contribution in [0.5, 0.6) is 5.75 Å². The fourth-order valence-electron chi connectivity index (χ4n) is 2.53. The molecule has 0 atom stereocenters. The molecule has 1 aromatic carbocycles. The first-order valence-electron chi connectivity index (χ1n) is 7.61. The van der Waals surface area contributed by atoms with Gasteiger partial charge in [-0.2, -0.15) is 5.10 Å². The molecule has 21 heavy (non-hydrogen) atoms. The molecule has 0 fully saturated rings. The van der Waals surface area contributed by atoms with Gasteiger partial charge in [0.25, 0.3) is 0 Å². The zero-order chi connectivity index (χ0) is 15.2. The van der Waals surface area contributed by atoms with Crippen LogP contribution < -0.4 is 10.1 Å². The molecule has 0 aliphatic carbocycles. The van der Waals surface area contributed by atoms with Crippen molar-refractivity contribution in [1.29, 1.82) is 0 Å². The number of hydrogen-bond donors (Lipinski definition) is 1. The van der Waals surface area contributed by atoms with Crippen molar-refractivity contribution in [3.63, 3.8) is 0 Å². The molecular formula is C17H25N3O. The van der Waals surface area contributed by atoms with Gasteiger partial charge in [-0.05, 0) is 44.5 Å². The highest BCUT2D eigenvalue weighted by Gasteiger charge is 2.10. The third-order valence-electron chi connectivity index (χ3n) is 3.74. The lowest BCUT2D eigenvalue weighted by Crippen LogP contribution is -2.14. The predicted molar refractivity (Wildman–Crippen MR) is 86.6 cm³/mol. The molecule has 0 saturated heterocycles. The maximum Gasteiger partial charge on any atom is 0.123 e. The van der Waals surface area contributed by atoms with Crippen molar-refractivity contribution in [2.24, 2.45) is 0 Å². The van der Waals surface area contributed by atoms with E-state index in [0.29, 0.717) is 0 Å². The van der Waals surface area contributed by atoms with Crippen LogP contribution in [0.1, 0.15) is 31.5 Å². The van der Waals surface area contributed by atoms with E-state index in [-0.39, 0.29) is 0 Å². The molecule has 2 aromatic rings. The van der Waals surface area contributed by atoms with Gasteiger partial charge in [0.15, 0.2) is 0 Å². The monoisotopic (exact) mass is 287 g/mol. The van der Waals surface area contributed by atoms with Gasteiger partial charge in [0.2, 0.25) is 0 Å². The number of benzene rings is 1. The Kier molecular flexibility index (Phi) is 5.39. The fraction of sp³-hybridized carbons (Fsp3) is 0.471. The molecule has 0 unspecified atom stereocenters. The molecule has 4 nitrogen and oxygen atoms in total. The lowest BCUT2D eigenvalue weighted by molar-refractivity contribution is 0.408. The summed E-state index contributed by atoms with van der Waals surface area (Å²) < 4.78 is 7.49. The second kappa shape index (κ2) is 7.27. The van der Waals surface area contributed by atoms with Crippen LogP contribution in [0.2, 0.25) is 0 Å². The minimum Gasteiger partial charge on any atom is -0.496 e. The van der Waals surface area contributed by atoms with Crippen LogP contribution in [0.3, 0.4) is 0 Å². The van der Waals surface area contributed by atoms with Crippen LogP contribution >= 0.6 is 0 Å². The first-order chi connectivity index (χ1) is 10.2. The predicted octanol–water partition coefficient (Wildman–Crippen LogP) is 3.39. The van der Waals surface area contributed by atoms with Gasteiger partial charge in [-0.1, -0.05) is 13.0 Å². The molecule has 0 spiro atoms. The normalized spacial score (nSPS) is 10.9. The first-order valence-corrected chi connectivity index (χ1v) is 7.61. The summed E-state index contributed by atoms with van der Waals surface area (Å²) in [6, 6.07) is 6.35. The average Bonchev–Trinajstić information content (AvgIpc) is 2.88. The van der Waals surface area contributed by atoms with Crippen molar-refractivity contribution >= 4 is 0 Å². The van der Waals surface area contributed by atoms with Crippen molar-refractivity contribution in [2.45, 2.75) is 40.3 Å². The minimum absolute atomic E-state index is 0.825. The largest absolute Gasteiger partial charge is 0.496 e. The molecule has 0 aliphatic heterocycles. The molecule has 1 aromatic heterocycles. The second-order valence-corrected chi connectivity index (χ2v) is 5.16. The van der Waals surface area contributed by atoms with Crippen LogP contribution in [0, 0.1) is 6.92 Å². The van der Waals surface area contributed by atoms with E-state index in [0.717, 1.165) is 31.8 Å². The maximum atomic E-state index is 5.46. The van der Waals surface area contributed by atoms with E-state index in [1.165, 1.54) is 22.4 Å². The lowest BCUT2D eigenvalue weighted by Gasteiger charge is -2.12. The number of ether oxygens (including phenoxy) is 1. The number of hydrogen-bond acceptors (Lipinski definition) is 3. The van der Waals surface area contributed by atoms with E-state index >= 15 is 0 Å². The van der Waals surface area contributed by atoms with E-state index in [9.17, 15) is 0 Å². The number of nitrogens with one attached hydrogen (secondary N) is 1. The standard InChI is InChI=1S/C17H25N3O/c1-5-9-18-11-15-10-14(7-8-17(15)21-4)16-12-19-20(6-2)13(16)3/h7-8,10,12,18H,5-6,9,11H2,1-4H3. The van der Waals surface area contributed by atoms with Crippen LogP contribution in [0.15, 0.2) is 24.4 Å². The summed E-state index contributed by atoms with van der Waals surface area (Å²) in [5, 5.41) is 7.86. The van der Waals surface area contributed by atoms with Gasteiger partial charge in [-0.15, -0.1) is 0 Å². The highest BCUT2D eigenvalue weighted by Crippen LogP contribution is 2.28. The van der Waals surface area contributed by atoms with Gasteiger partial charge >= 0.3 is 0 Å². The Morgan fingerprint density at radius 2 is 2.10 bits per heavy atom. The Morgan fingerprint density at radius 3 is 2.71 bits per heavy atom. The number of nitrogens with zero attached hydrogens (tertiary/aromatic N) is 2. The van der Waals surface area contributed by atoms with Gasteiger partial charge in [-0.25, -0.2) is 0 Å². The van der Waals surface area contributed by atoms with E-state index in [2.05, 4.69) is 43.3 Å². The number of rotatable bonds is 7. The fourth-order valence-corrected chi connectivity index (χ4v) is 2.53. The SMILES string of the molecule is CCCNCc1cc(-c2cnn(CC)c2C)ccc1OC. The van der Waals surface area contributed by atoms with E-state index in [4.69, 9.17) is 4.74 Å². The molecule has 114 valence electrons. The molecule has 0 radical (unpaired) electrons. The minimum atomic E-state index is 0.825. The van der Waals surface area contributed by atoms with Crippen molar-refractivity contribution in [3.8, 4) is 16.9 Å². The molecular weight excluding hydrogens is 262 g/mol. The Balaban J connectivity index is 2.31. The van der Waals surface area contributed by atoms with Crippen molar-refractivity contribution < 1.29 is 4.74 Å². The summed E-state index contributed by atoms with van der Waals surface area (Å²) in [6.07, 6.45) is 3.08. The zero-order valence-corrected chi connectivity index (χ0v) is 13.4. The summed E-state index contributed by atoms with van der Waals surface area (Å²) in [4.78, 5) is 0. The van der Waals surface area contributed by atoms with E-state index in [1.54, 1.807) is 7.11 Å². The highest BCUT2D eigenvalue weighted by atomic mass is 16.5. The first kappa shape index (κ1) is 15.6. The quantitative estimate of drug-likeness (QED) is 0.793. The number of methoxy groups -OCH3 is 1. The molecule has 2 rings (SSSR count). The van der Waals surface area contributed by atoms with Crippen LogP contribution in [0.4, 0.5) is 0 Å². The maximum absolute atomic E-state index is 5.46. The summed E-state index contributed by atoms with van der Waals surface area (Å²) >= 11 is 0. The summed E-state index contributed by atoms with van der Waals surface area (Å²) in [7, 11) is 1.72. The molecule has 0 amide bonds. The number of aromatic nitrogens is 2. The van der Waals surface area contributed by atoms with Crippen molar-refractivity contribution in [3.05, 3.63) is 35.7 Å². The number of aryl methyl sites for hydroxylation is 1. The Labute approximate surface area is 127 Å². The van der Waals surface area contributed by atoms with Gasteiger partial charge in [-0.3, -0.25) is 4.68 Å². The summed E-state index contributed by atoms with van der Waals surface area (Å²) in [5.41, 5.74) is 4.78. The Bertz CT molecular complexity index is 590. The van der Waals surface area contributed by atoms with E-state index < -0.39 is 0 Å². The molecule has 0 saturated carbocycles. The van der Waals surface area contributed by atoms with E-state index in [1.807, 2.05) is 16.9 Å². The molecule has 0 aliphatic rings. The van der Waals surface area contributed by atoms with Gasteiger partial charge < -0.3 is 10.1 Å². The third-order valence-corrected chi connectivity index (χ3v) is 3.74. The molecule has 4 heteroatoms. The third kappa shape index (κ3) is 3.45. The second-order valence-electron chi connectivity index (χ2n) is 5.16. The topological polar surface area (TPSA) is 39.1 Å². The molecule has 1 N–H and O–H groups in total. The van der Waals surface area contributed by atoms with Crippen molar-refractivity contribution in [2.75, 3.05) is 13.7 Å². The van der Waals surface area contributed by atoms with Gasteiger partial charge in [0, 0.05) is 29.9 Å². The lowest BCUT2D eigenvalue weighted by atomic mass is 10.0. The zero-order valence-electron chi connectivity index (χ0n) is 13.4. The smallest absolute Gasteiger partial charge is 0.123 e. The highest BCUT2D eigenvalue weighted by molar-refractivity contribution is 5.67. The van der Waals surface area contributed by atoms with Gasteiger partial charge in [0.1, 0.15) is 5.75 Å². The summed E-state index contributed by atoms with van der Waals surface area (Å²) in [5.74, 6) is 0.933. The van der Waals surface area contributed by atoms with Crippen LogP contribution in [0.25, 0.3) is 11.1 Å².